The van der Waals surface area contributed by atoms with Gasteiger partial charge in [-0.25, -0.2) is 4.39 Å². The highest BCUT2D eigenvalue weighted by molar-refractivity contribution is 5.96. The van der Waals surface area contributed by atoms with Crippen LogP contribution < -0.4 is 14.8 Å². The van der Waals surface area contributed by atoms with Gasteiger partial charge in [0, 0.05) is 35.3 Å². The predicted molar refractivity (Wildman–Crippen MR) is 122 cm³/mol. The fraction of sp³-hybridized carbons (Fsp3) is 0.115. The van der Waals surface area contributed by atoms with E-state index in [0.29, 0.717) is 33.9 Å². The number of benzene rings is 3. The summed E-state index contributed by atoms with van der Waals surface area (Å²) in [4.78, 5) is 17.2. The standard InChI is InChI=1S/C26H20FN3O3/c1-16-20(26(31)30-15-17-6-7-18(14-28)22(27)12-17)4-3-5-24(16)33-25-10-11-29-23-13-19(32-2)8-9-21(23)25/h3-13H,15H2,1-2H3,(H,30,31). The summed E-state index contributed by atoms with van der Waals surface area (Å²) in [6.07, 6.45) is 1.65. The topological polar surface area (TPSA) is 84.2 Å². The number of pyridine rings is 1. The van der Waals surface area contributed by atoms with Crippen LogP contribution in [0.4, 0.5) is 4.39 Å². The minimum atomic E-state index is -0.613. The molecule has 1 N–H and O–H groups in total. The Morgan fingerprint density at radius 1 is 1.12 bits per heavy atom. The number of amides is 1. The molecule has 0 spiro atoms. The van der Waals surface area contributed by atoms with Crippen molar-refractivity contribution in [3.63, 3.8) is 0 Å². The second-order valence-corrected chi connectivity index (χ2v) is 7.33. The Kier molecular flexibility index (Phi) is 6.18. The lowest BCUT2D eigenvalue weighted by molar-refractivity contribution is 0.0950. The number of hydrogen-bond acceptors (Lipinski definition) is 5. The molecule has 0 saturated heterocycles. The molecular formula is C26H20FN3O3. The lowest BCUT2D eigenvalue weighted by Crippen LogP contribution is -2.23. The summed E-state index contributed by atoms with van der Waals surface area (Å²) < 4.78 is 25.2. The number of ether oxygens (including phenoxy) is 2. The van der Waals surface area contributed by atoms with E-state index in [0.717, 1.165) is 10.9 Å². The number of carbonyl (C=O) groups is 1. The number of halogens is 1. The highest BCUT2D eigenvalue weighted by Crippen LogP contribution is 2.33. The van der Waals surface area contributed by atoms with Crippen LogP contribution in [0.25, 0.3) is 10.9 Å². The van der Waals surface area contributed by atoms with E-state index in [1.807, 2.05) is 18.2 Å². The molecule has 0 atom stereocenters. The largest absolute Gasteiger partial charge is 0.497 e. The van der Waals surface area contributed by atoms with E-state index in [1.165, 1.54) is 12.1 Å². The second kappa shape index (κ2) is 9.37. The van der Waals surface area contributed by atoms with Crippen LogP contribution in [0.3, 0.4) is 0 Å². The van der Waals surface area contributed by atoms with Gasteiger partial charge >= 0.3 is 0 Å². The number of nitrogens with one attached hydrogen (secondary N) is 1. The zero-order valence-electron chi connectivity index (χ0n) is 18.1. The molecule has 4 rings (SSSR count). The first-order valence-electron chi connectivity index (χ1n) is 10.2. The quantitative estimate of drug-likeness (QED) is 0.440. The van der Waals surface area contributed by atoms with Crippen LogP contribution in [0.5, 0.6) is 17.2 Å². The maximum atomic E-state index is 13.8. The Balaban J connectivity index is 1.54. The Hall–Kier alpha value is -4.44. The lowest BCUT2D eigenvalue weighted by atomic mass is 10.1. The highest BCUT2D eigenvalue weighted by Gasteiger charge is 2.14. The third-order valence-corrected chi connectivity index (χ3v) is 5.27. The first-order chi connectivity index (χ1) is 16.0. The van der Waals surface area contributed by atoms with Crippen molar-refractivity contribution in [2.75, 3.05) is 7.11 Å². The van der Waals surface area contributed by atoms with Crippen molar-refractivity contribution < 1.29 is 18.7 Å². The minimum Gasteiger partial charge on any atom is -0.497 e. The first-order valence-corrected chi connectivity index (χ1v) is 10.2. The third-order valence-electron chi connectivity index (χ3n) is 5.27. The molecule has 0 aliphatic heterocycles. The number of rotatable bonds is 6. The van der Waals surface area contributed by atoms with E-state index in [9.17, 15) is 9.18 Å². The number of carbonyl (C=O) groups excluding carboxylic acids is 1. The zero-order chi connectivity index (χ0) is 23.4. The molecule has 0 unspecified atom stereocenters. The lowest BCUT2D eigenvalue weighted by Gasteiger charge is -2.14. The first kappa shape index (κ1) is 21.8. The summed E-state index contributed by atoms with van der Waals surface area (Å²) >= 11 is 0. The van der Waals surface area contributed by atoms with Crippen LogP contribution in [0, 0.1) is 24.1 Å². The maximum absolute atomic E-state index is 13.8. The number of methoxy groups -OCH3 is 1. The average Bonchev–Trinajstić information content (AvgIpc) is 2.83. The van der Waals surface area contributed by atoms with Crippen LogP contribution in [0.1, 0.15) is 27.0 Å². The summed E-state index contributed by atoms with van der Waals surface area (Å²) in [6, 6.07) is 18.6. The minimum absolute atomic E-state index is 0.0344. The molecule has 0 fully saturated rings. The van der Waals surface area contributed by atoms with Crippen LogP contribution in [0.2, 0.25) is 0 Å². The SMILES string of the molecule is COc1ccc2c(Oc3cccc(C(=O)NCc4ccc(C#N)c(F)c4)c3C)ccnc2c1. The smallest absolute Gasteiger partial charge is 0.251 e. The molecule has 4 aromatic rings. The van der Waals surface area contributed by atoms with Gasteiger partial charge in [-0.05, 0) is 55.0 Å². The van der Waals surface area contributed by atoms with Crippen LogP contribution in [0.15, 0.2) is 66.9 Å². The summed E-state index contributed by atoms with van der Waals surface area (Å²) in [7, 11) is 1.60. The van der Waals surface area contributed by atoms with E-state index in [2.05, 4.69) is 10.3 Å². The number of fused-ring (bicyclic) bond motifs is 1. The van der Waals surface area contributed by atoms with E-state index in [-0.39, 0.29) is 18.0 Å². The molecule has 1 amide bonds. The van der Waals surface area contributed by atoms with Crippen molar-refractivity contribution >= 4 is 16.8 Å². The Labute approximate surface area is 190 Å². The third kappa shape index (κ3) is 4.60. The molecular weight excluding hydrogens is 421 g/mol. The molecule has 0 radical (unpaired) electrons. The second-order valence-electron chi connectivity index (χ2n) is 7.33. The number of nitrogens with zero attached hydrogens (tertiary/aromatic N) is 2. The van der Waals surface area contributed by atoms with Gasteiger partial charge in [0.2, 0.25) is 0 Å². The van der Waals surface area contributed by atoms with E-state index < -0.39 is 5.82 Å². The summed E-state index contributed by atoms with van der Waals surface area (Å²) in [5.74, 6) is 0.918. The van der Waals surface area contributed by atoms with Gasteiger partial charge in [-0.3, -0.25) is 9.78 Å². The van der Waals surface area contributed by atoms with Crippen molar-refractivity contribution in [3.8, 4) is 23.3 Å². The highest BCUT2D eigenvalue weighted by atomic mass is 19.1. The molecule has 0 saturated carbocycles. The fourth-order valence-electron chi connectivity index (χ4n) is 3.44. The fourth-order valence-corrected chi connectivity index (χ4v) is 3.44. The summed E-state index contributed by atoms with van der Waals surface area (Å²) in [5.41, 5.74) is 2.37. The maximum Gasteiger partial charge on any atom is 0.251 e. The summed E-state index contributed by atoms with van der Waals surface area (Å²) in [6.45, 7) is 1.93. The van der Waals surface area contributed by atoms with Gasteiger partial charge in [0.25, 0.3) is 5.91 Å². The molecule has 6 nitrogen and oxygen atoms in total. The molecule has 33 heavy (non-hydrogen) atoms. The van der Waals surface area contributed by atoms with Crippen molar-refractivity contribution in [3.05, 3.63) is 94.9 Å². The van der Waals surface area contributed by atoms with Gasteiger partial charge in [0.05, 0.1) is 18.2 Å². The van der Waals surface area contributed by atoms with Gasteiger partial charge in [-0.15, -0.1) is 0 Å². The Morgan fingerprint density at radius 2 is 1.97 bits per heavy atom. The van der Waals surface area contributed by atoms with E-state index in [1.54, 1.807) is 56.6 Å². The van der Waals surface area contributed by atoms with Crippen molar-refractivity contribution in [1.82, 2.24) is 10.3 Å². The van der Waals surface area contributed by atoms with Crippen LogP contribution >= 0.6 is 0 Å². The monoisotopic (exact) mass is 441 g/mol. The van der Waals surface area contributed by atoms with Crippen molar-refractivity contribution in [2.24, 2.45) is 0 Å². The molecule has 0 bridgehead atoms. The molecule has 0 aliphatic carbocycles. The molecule has 3 aromatic carbocycles. The Morgan fingerprint density at radius 3 is 2.73 bits per heavy atom. The normalized spacial score (nSPS) is 10.5. The van der Waals surface area contributed by atoms with Gasteiger partial charge in [-0.2, -0.15) is 5.26 Å². The van der Waals surface area contributed by atoms with E-state index in [4.69, 9.17) is 14.7 Å². The van der Waals surface area contributed by atoms with E-state index >= 15 is 0 Å². The predicted octanol–water partition coefficient (Wildman–Crippen LogP) is 5.28. The van der Waals surface area contributed by atoms with Crippen molar-refractivity contribution in [2.45, 2.75) is 13.5 Å². The van der Waals surface area contributed by atoms with Crippen LogP contribution in [-0.2, 0) is 6.54 Å². The number of hydrogen-bond donors (Lipinski definition) is 1. The zero-order valence-corrected chi connectivity index (χ0v) is 18.1. The van der Waals surface area contributed by atoms with Crippen LogP contribution in [-0.4, -0.2) is 18.0 Å². The van der Waals surface area contributed by atoms with Gasteiger partial charge in [-0.1, -0.05) is 12.1 Å². The summed E-state index contributed by atoms with van der Waals surface area (Å²) in [5, 5.41) is 12.4. The number of aromatic nitrogens is 1. The van der Waals surface area contributed by atoms with Gasteiger partial charge < -0.3 is 14.8 Å². The molecule has 0 aliphatic rings. The molecule has 164 valence electrons. The molecule has 1 aromatic heterocycles. The Bertz CT molecular complexity index is 1400. The average molecular weight is 441 g/mol. The number of nitriles is 1. The van der Waals surface area contributed by atoms with Gasteiger partial charge in [0.15, 0.2) is 0 Å². The molecule has 1 heterocycles. The van der Waals surface area contributed by atoms with Gasteiger partial charge in [0.1, 0.15) is 29.1 Å². The molecule has 7 heteroatoms. The van der Waals surface area contributed by atoms with Crippen molar-refractivity contribution in [1.29, 1.82) is 5.26 Å².